The van der Waals surface area contributed by atoms with Gasteiger partial charge in [0.25, 0.3) is 0 Å². The van der Waals surface area contributed by atoms with Crippen molar-refractivity contribution in [3.8, 4) is 0 Å². The fourth-order valence-corrected chi connectivity index (χ4v) is 3.98. The zero-order valence-corrected chi connectivity index (χ0v) is 15.3. The lowest BCUT2D eigenvalue weighted by Gasteiger charge is -2.30. The van der Waals surface area contributed by atoms with Crippen molar-refractivity contribution in [1.29, 1.82) is 0 Å². The number of aliphatic hydroxyl groups is 1. The summed E-state index contributed by atoms with van der Waals surface area (Å²) in [7, 11) is 0. The van der Waals surface area contributed by atoms with Gasteiger partial charge in [0, 0.05) is 24.7 Å². The Morgan fingerprint density at radius 2 is 2.00 bits per heavy atom. The van der Waals surface area contributed by atoms with Crippen LogP contribution in [0.3, 0.4) is 0 Å². The Kier molecular flexibility index (Phi) is 4.75. The summed E-state index contributed by atoms with van der Waals surface area (Å²) in [6.45, 7) is 8.97. The van der Waals surface area contributed by atoms with Crippen LogP contribution in [0.25, 0.3) is 0 Å². The number of carbonyl (C=O) groups is 3. The van der Waals surface area contributed by atoms with E-state index in [2.05, 4.69) is 6.58 Å². The number of esters is 1. The van der Waals surface area contributed by atoms with Crippen LogP contribution in [-0.4, -0.2) is 40.6 Å². The summed E-state index contributed by atoms with van der Waals surface area (Å²) in [4.78, 5) is 37.5. The van der Waals surface area contributed by atoms with Crippen LogP contribution in [0.15, 0.2) is 35.5 Å². The van der Waals surface area contributed by atoms with E-state index in [0.29, 0.717) is 17.6 Å². The molecule has 0 aromatic carbocycles. The number of Topliss-reactive ketones (excluding diaryl/α,β-unsaturated/α-hetero) is 1. The van der Waals surface area contributed by atoms with Gasteiger partial charge in [-0.2, -0.15) is 0 Å². The maximum atomic E-state index is 12.9. The van der Waals surface area contributed by atoms with Gasteiger partial charge in [-0.15, -0.1) is 0 Å². The largest absolute Gasteiger partial charge is 0.454 e. The van der Waals surface area contributed by atoms with Gasteiger partial charge < -0.3 is 14.6 Å². The highest BCUT2D eigenvalue weighted by Crippen LogP contribution is 2.44. The minimum atomic E-state index is -2.10. The summed E-state index contributed by atoms with van der Waals surface area (Å²) in [5.41, 5.74) is 1.68. The van der Waals surface area contributed by atoms with Gasteiger partial charge in [-0.1, -0.05) is 24.6 Å². The van der Waals surface area contributed by atoms with Crippen LogP contribution in [0.4, 0.5) is 0 Å². The van der Waals surface area contributed by atoms with Gasteiger partial charge in [0.2, 0.25) is 5.79 Å². The molecule has 3 aliphatic heterocycles. The van der Waals surface area contributed by atoms with E-state index in [1.54, 1.807) is 26.8 Å². The third kappa shape index (κ3) is 3.19. The highest BCUT2D eigenvalue weighted by atomic mass is 16.6. The molecule has 3 aliphatic rings. The Morgan fingerprint density at radius 1 is 1.31 bits per heavy atom. The third-order valence-electron chi connectivity index (χ3n) is 5.28. The first-order valence-corrected chi connectivity index (χ1v) is 8.84. The van der Waals surface area contributed by atoms with Crippen LogP contribution in [0.2, 0.25) is 0 Å². The predicted octanol–water partition coefficient (Wildman–Crippen LogP) is 2.02. The van der Waals surface area contributed by atoms with Gasteiger partial charge in [-0.3, -0.25) is 9.59 Å². The molecule has 0 radical (unpaired) electrons. The molecule has 6 nitrogen and oxygen atoms in total. The van der Waals surface area contributed by atoms with Crippen molar-refractivity contribution in [1.82, 2.24) is 0 Å². The van der Waals surface area contributed by atoms with Gasteiger partial charge in [-0.05, 0) is 32.4 Å². The molecule has 1 N–H and O–H groups in total. The first-order chi connectivity index (χ1) is 12.1. The normalized spacial score (nSPS) is 39.9. The topological polar surface area (TPSA) is 89.9 Å². The van der Waals surface area contributed by atoms with E-state index in [9.17, 15) is 19.5 Å². The molecule has 1 fully saturated rings. The molecule has 4 bridgehead atoms. The molecule has 0 saturated carbocycles. The summed E-state index contributed by atoms with van der Waals surface area (Å²) in [5.74, 6) is -4.73. The van der Waals surface area contributed by atoms with Crippen molar-refractivity contribution < 1.29 is 29.0 Å². The average molecular weight is 360 g/mol. The number of rotatable bonds is 1. The molecule has 26 heavy (non-hydrogen) atoms. The molecule has 1 saturated heterocycles. The van der Waals surface area contributed by atoms with E-state index in [0.717, 1.165) is 5.57 Å². The van der Waals surface area contributed by atoms with Crippen molar-refractivity contribution in [3.63, 3.8) is 0 Å². The highest BCUT2D eigenvalue weighted by Gasteiger charge is 2.56. The molecule has 0 amide bonds. The van der Waals surface area contributed by atoms with E-state index >= 15 is 0 Å². The number of fused-ring (bicyclic) bond motifs is 4. The fraction of sp³-hybridized carbons (Fsp3) is 0.550. The van der Waals surface area contributed by atoms with Gasteiger partial charge in [0.1, 0.15) is 6.10 Å². The number of carbonyl (C=O) groups excluding carboxylic acids is 3. The minimum absolute atomic E-state index is 0.0137. The van der Waals surface area contributed by atoms with E-state index in [4.69, 9.17) is 9.47 Å². The molecular weight excluding hydrogens is 336 g/mol. The first kappa shape index (κ1) is 18.7. The number of allylic oxidation sites excluding steroid dienone is 1. The second kappa shape index (κ2) is 6.59. The lowest BCUT2D eigenvalue weighted by molar-refractivity contribution is -0.207. The van der Waals surface area contributed by atoms with Crippen LogP contribution in [-0.2, 0) is 23.9 Å². The van der Waals surface area contributed by atoms with Gasteiger partial charge in [0.15, 0.2) is 11.6 Å². The van der Waals surface area contributed by atoms with Crippen LogP contribution >= 0.6 is 0 Å². The van der Waals surface area contributed by atoms with Crippen molar-refractivity contribution in [3.05, 3.63) is 35.5 Å². The molecule has 0 aliphatic carbocycles. The lowest BCUT2D eigenvalue weighted by atomic mass is 9.82. The molecule has 0 aromatic heterocycles. The van der Waals surface area contributed by atoms with Crippen LogP contribution in [0, 0.1) is 11.8 Å². The Bertz CT molecular complexity index is 745. The van der Waals surface area contributed by atoms with E-state index < -0.39 is 41.6 Å². The average Bonchev–Trinajstić information content (AvgIpc) is 3.06. The standard InChI is InChI=1S/C20H24O6/c1-10(2)16-9-17-15-8-14(25-19(15)23)6-11(3)5-13(21)7-12(4)18(22)20(16,24)26-17/h5,8,12,14,16-17,24H,1,6-7,9H2,2-4H3/b11-5-/t12-,14-,16-,17+,20-/m0/s1. The van der Waals surface area contributed by atoms with Crippen LogP contribution < -0.4 is 0 Å². The smallest absolute Gasteiger partial charge is 0.337 e. The molecule has 0 spiro atoms. The molecule has 0 aromatic rings. The number of hydrogen-bond donors (Lipinski definition) is 1. The van der Waals surface area contributed by atoms with Gasteiger partial charge in [-0.25, -0.2) is 4.79 Å². The second-order valence-electron chi connectivity index (χ2n) is 7.63. The fourth-order valence-electron chi connectivity index (χ4n) is 3.98. The van der Waals surface area contributed by atoms with Crippen LogP contribution in [0.1, 0.15) is 40.0 Å². The van der Waals surface area contributed by atoms with Crippen molar-refractivity contribution >= 4 is 17.5 Å². The molecule has 6 heteroatoms. The van der Waals surface area contributed by atoms with Gasteiger partial charge in [0.05, 0.1) is 11.7 Å². The SMILES string of the molecule is C=C(C)[C@@H]1C[C@H]2O[C@]1(O)C(=O)[C@@H](C)CC(=O)/C=C(/C)C[C@H]1C=C2C(=O)O1. The van der Waals surface area contributed by atoms with Crippen LogP contribution in [0.5, 0.6) is 0 Å². The highest BCUT2D eigenvalue weighted by molar-refractivity contribution is 5.97. The third-order valence-corrected chi connectivity index (χ3v) is 5.28. The zero-order valence-electron chi connectivity index (χ0n) is 15.3. The summed E-state index contributed by atoms with van der Waals surface area (Å²) in [6, 6.07) is 0. The molecular formula is C20H24O6. The molecule has 3 rings (SSSR count). The van der Waals surface area contributed by atoms with Crippen molar-refractivity contribution in [2.75, 3.05) is 0 Å². The second-order valence-corrected chi connectivity index (χ2v) is 7.63. The summed E-state index contributed by atoms with van der Waals surface area (Å²) in [5, 5.41) is 11.1. The van der Waals surface area contributed by atoms with E-state index in [-0.39, 0.29) is 18.6 Å². The molecule has 0 unspecified atom stereocenters. The first-order valence-electron chi connectivity index (χ1n) is 8.84. The Balaban J connectivity index is 2.05. The zero-order chi connectivity index (χ0) is 19.2. The number of ether oxygens (including phenoxy) is 2. The van der Waals surface area contributed by atoms with Gasteiger partial charge >= 0.3 is 5.97 Å². The monoisotopic (exact) mass is 360 g/mol. The van der Waals surface area contributed by atoms with Crippen molar-refractivity contribution in [2.24, 2.45) is 11.8 Å². The number of ketones is 2. The lowest BCUT2D eigenvalue weighted by Crippen LogP contribution is -2.47. The summed E-state index contributed by atoms with van der Waals surface area (Å²) >= 11 is 0. The molecule has 3 heterocycles. The summed E-state index contributed by atoms with van der Waals surface area (Å²) < 4.78 is 11.1. The Labute approximate surface area is 152 Å². The van der Waals surface area contributed by atoms with E-state index in [1.165, 1.54) is 6.08 Å². The maximum absolute atomic E-state index is 12.9. The van der Waals surface area contributed by atoms with E-state index in [1.807, 2.05) is 0 Å². The molecule has 5 atom stereocenters. The molecule has 140 valence electrons. The maximum Gasteiger partial charge on any atom is 0.337 e. The quantitative estimate of drug-likeness (QED) is 0.568. The predicted molar refractivity (Wildman–Crippen MR) is 92.9 cm³/mol. The van der Waals surface area contributed by atoms with Crippen molar-refractivity contribution in [2.45, 2.75) is 58.0 Å². The Morgan fingerprint density at radius 3 is 2.65 bits per heavy atom. The summed E-state index contributed by atoms with van der Waals surface area (Å²) in [6.07, 6.45) is 2.58. The minimum Gasteiger partial charge on any atom is -0.454 e. The Hall–Kier alpha value is -2.05. The number of hydrogen-bond acceptors (Lipinski definition) is 6.